The van der Waals surface area contributed by atoms with E-state index in [2.05, 4.69) is 38.8 Å². The Labute approximate surface area is 140 Å². The zero-order chi connectivity index (χ0) is 14.8. The van der Waals surface area contributed by atoms with E-state index in [1.54, 1.807) is 11.3 Å². The Balaban J connectivity index is 1.93. The van der Waals surface area contributed by atoms with Crippen molar-refractivity contribution in [2.24, 2.45) is 0 Å². The van der Waals surface area contributed by atoms with E-state index in [-0.39, 0.29) is 12.6 Å². The first-order valence-corrected chi connectivity index (χ1v) is 8.52. The molecule has 0 radical (unpaired) electrons. The summed E-state index contributed by atoms with van der Waals surface area (Å²) in [6, 6.07) is 13.7. The molecule has 3 rings (SSSR count). The van der Waals surface area contributed by atoms with Crippen LogP contribution in [-0.2, 0) is 0 Å². The smallest absolute Gasteiger partial charge is 0.0759 e. The number of aliphatic hydroxyl groups is 1. The van der Waals surface area contributed by atoms with Gasteiger partial charge in [0.2, 0.25) is 0 Å². The van der Waals surface area contributed by atoms with Crippen LogP contribution in [0.25, 0.3) is 10.1 Å². The molecule has 5 heteroatoms. The second-order valence-electron chi connectivity index (χ2n) is 4.70. The van der Waals surface area contributed by atoms with E-state index in [9.17, 15) is 5.11 Å². The first kappa shape index (κ1) is 14.9. The molecule has 0 bridgehead atoms. The number of hydrogen-bond donors (Lipinski definition) is 2. The molecular formula is C16H13BrClNOS. The predicted octanol–water partition coefficient (Wildman–Crippen LogP) is 5.46. The summed E-state index contributed by atoms with van der Waals surface area (Å²) in [7, 11) is 0. The van der Waals surface area contributed by atoms with Gasteiger partial charge in [0, 0.05) is 14.9 Å². The molecule has 0 aliphatic rings. The van der Waals surface area contributed by atoms with Gasteiger partial charge in [0.1, 0.15) is 0 Å². The Bertz CT molecular complexity index is 774. The van der Waals surface area contributed by atoms with Gasteiger partial charge in [-0.2, -0.15) is 0 Å². The maximum Gasteiger partial charge on any atom is 0.0759 e. The summed E-state index contributed by atoms with van der Waals surface area (Å²) in [6.45, 7) is 0.0287. The van der Waals surface area contributed by atoms with E-state index in [1.165, 1.54) is 10.1 Å². The second kappa shape index (κ2) is 6.36. The number of aliphatic hydroxyl groups excluding tert-OH is 1. The maximum atomic E-state index is 9.75. The molecule has 0 fully saturated rings. The van der Waals surface area contributed by atoms with E-state index in [4.69, 9.17) is 11.6 Å². The van der Waals surface area contributed by atoms with E-state index in [0.717, 1.165) is 15.7 Å². The molecule has 0 amide bonds. The van der Waals surface area contributed by atoms with Crippen LogP contribution < -0.4 is 5.32 Å². The number of anilines is 1. The lowest BCUT2D eigenvalue weighted by Crippen LogP contribution is -2.14. The van der Waals surface area contributed by atoms with Gasteiger partial charge >= 0.3 is 0 Å². The number of thiophene rings is 1. The highest BCUT2D eigenvalue weighted by Gasteiger charge is 2.15. The summed E-state index contributed by atoms with van der Waals surface area (Å²) in [4.78, 5) is 0. The molecule has 2 aromatic carbocycles. The van der Waals surface area contributed by atoms with Gasteiger partial charge in [-0.25, -0.2) is 0 Å². The van der Waals surface area contributed by atoms with Crippen molar-refractivity contribution in [3.8, 4) is 0 Å². The van der Waals surface area contributed by atoms with Crippen molar-refractivity contribution in [3.05, 3.63) is 62.9 Å². The van der Waals surface area contributed by atoms with Crippen LogP contribution in [0.3, 0.4) is 0 Å². The number of nitrogens with one attached hydrogen (secondary N) is 1. The number of fused-ring (bicyclic) bond motifs is 1. The molecule has 1 aromatic heterocycles. The number of rotatable bonds is 4. The van der Waals surface area contributed by atoms with Crippen LogP contribution in [0.1, 0.15) is 11.6 Å². The van der Waals surface area contributed by atoms with Crippen molar-refractivity contribution in [1.82, 2.24) is 0 Å². The number of benzene rings is 2. The van der Waals surface area contributed by atoms with Gasteiger partial charge in [-0.15, -0.1) is 11.3 Å². The Hall–Kier alpha value is -1.07. The van der Waals surface area contributed by atoms with Crippen LogP contribution in [0.15, 0.2) is 52.3 Å². The monoisotopic (exact) mass is 381 g/mol. The van der Waals surface area contributed by atoms with Gasteiger partial charge in [0.25, 0.3) is 0 Å². The average molecular weight is 383 g/mol. The molecule has 0 aliphatic heterocycles. The lowest BCUT2D eigenvalue weighted by atomic mass is 10.1. The molecule has 108 valence electrons. The highest BCUT2D eigenvalue weighted by Crippen LogP contribution is 2.33. The van der Waals surface area contributed by atoms with E-state index in [0.29, 0.717) is 5.02 Å². The molecule has 0 saturated carbocycles. The van der Waals surface area contributed by atoms with Gasteiger partial charge < -0.3 is 10.4 Å². The first-order chi connectivity index (χ1) is 10.2. The fraction of sp³-hybridized carbons (Fsp3) is 0.125. The number of halogens is 2. The minimum atomic E-state index is -0.144. The Morgan fingerprint density at radius 1 is 1.24 bits per heavy atom. The van der Waals surface area contributed by atoms with Crippen LogP contribution in [0, 0.1) is 0 Å². The lowest BCUT2D eigenvalue weighted by molar-refractivity contribution is 0.277. The van der Waals surface area contributed by atoms with Gasteiger partial charge in [-0.1, -0.05) is 29.8 Å². The fourth-order valence-corrected chi connectivity index (χ4v) is 3.79. The lowest BCUT2D eigenvalue weighted by Gasteiger charge is -2.18. The van der Waals surface area contributed by atoms with E-state index in [1.807, 2.05) is 30.3 Å². The summed E-state index contributed by atoms with van der Waals surface area (Å²) < 4.78 is 2.06. The third-order valence-corrected chi connectivity index (χ3v) is 5.53. The summed E-state index contributed by atoms with van der Waals surface area (Å²) in [5.41, 5.74) is 2.03. The SMILES string of the molecule is OCC(Nc1ccc(Cl)c(Br)c1)c1csc2ccccc12. The zero-order valence-electron chi connectivity index (χ0n) is 11.0. The van der Waals surface area contributed by atoms with E-state index >= 15 is 0 Å². The van der Waals surface area contributed by atoms with E-state index < -0.39 is 0 Å². The molecule has 1 unspecified atom stereocenters. The summed E-state index contributed by atoms with van der Waals surface area (Å²) in [5.74, 6) is 0. The Kier molecular flexibility index (Phi) is 4.50. The van der Waals surface area contributed by atoms with Gasteiger partial charge in [0.05, 0.1) is 17.7 Å². The van der Waals surface area contributed by atoms with Crippen LogP contribution in [0.4, 0.5) is 5.69 Å². The topological polar surface area (TPSA) is 32.3 Å². The highest BCUT2D eigenvalue weighted by atomic mass is 79.9. The van der Waals surface area contributed by atoms with Crippen LogP contribution in [0.2, 0.25) is 5.02 Å². The Morgan fingerprint density at radius 3 is 2.81 bits per heavy atom. The first-order valence-electron chi connectivity index (χ1n) is 6.47. The molecule has 3 aromatic rings. The van der Waals surface area contributed by atoms with Crippen molar-refractivity contribution >= 4 is 54.6 Å². The number of hydrogen-bond acceptors (Lipinski definition) is 3. The van der Waals surface area contributed by atoms with Crippen molar-refractivity contribution < 1.29 is 5.11 Å². The Morgan fingerprint density at radius 2 is 2.05 bits per heavy atom. The standard InChI is InChI=1S/C16H13BrClNOS/c17-13-7-10(5-6-14(13)18)19-15(8-20)12-9-21-16-4-2-1-3-11(12)16/h1-7,9,15,19-20H,8H2. The predicted molar refractivity (Wildman–Crippen MR) is 94.4 cm³/mol. The minimum absolute atomic E-state index is 0.0287. The van der Waals surface area contributed by atoms with Gasteiger partial charge in [-0.3, -0.25) is 0 Å². The van der Waals surface area contributed by atoms with Crippen molar-refractivity contribution in [1.29, 1.82) is 0 Å². The molecule has 0 saturated heterocycles. The molecule has 2 N–H and O–H groups in total. The summed E-state index contributed by atoms with van der Waals surface area (Å²) >= 11 is 11.1. The normalized spacial score (nSPS) is 12.5. The maximum absolute atomic E-state index is 9.75. The molecule has 0 aliphatic carbocycles. The van der Waals surface area contributed by atoms with Crippen molar-refractivity contribution in [2.75, 3.05) is 11.9 Å². The fourth-order valence-electron chi connectivity index (χ4n) is 2.28. The second-order valence-corrected chi connectivity index (χ2v) is 6.87. The van der Waals surface area contributed by atoms with Crippen LogP contribution in [-0.4, -0.2) is 11.7 Å². The summed E-state index contributed by atoms with van der Waals surface area (Å²) in [5, 5.41) is 17.1. The quantitative estimate of drug-likeness (QED) is 0.627. The third-order valence-electron chi connectivity index (χ3n) is 3.33. The van der Waals surface area contributed by atoms with Gasteiger partial charge in [0.15, 0.2) is 0 Å². The molecule has 1 heterocycles. The van der Waals surface area contributed by atoms with Crippen LogP contribution >= 0.6 is 38.9 Å². The van der Waals surface area contributed by atoms with Gasteiger partial charge in [-0.05, 0) is 56.5 Å². The molecule has 1 atom stereocenters. The molecule has 21 heavy (non-hydrogen) atoms. The minimum Gasteiger partial charge on any atom is -0.394 e. The summed E-state index contributed by atoms with van der Waals surface area (Å²) in [6.07, 6.45) is 0. The molecular weight excluding hydrogens is 370 g/mol. The van der Waals surface area contributed by atoms with Crippen molar-refractivity contribution in [3.63, 3.8) is 0 Å². The van der Waals surface area contributed by atoms with Crippen LogP contribution in [0.5, 0.6) is 0 Å². The zero-order valence-corrected chi connectivity index (χ0v) is 14.2. The highest BCUT2D eigenvalue weighted by molar-refractivity contribution is 9.10. The third kappa shape index (κ3) is 3.09. The average Bonchev–Trinajstić information content (AvgIpc) is 2.92. The molecule has 0 spiro atoms. The van der Waals surface area contributed by atoms with Crippen molar-refractivity contribution in [2.45, 2.75) is 6.04 Å². The molecule has 2 nitrogen and oxygen atoms in total. The largest absolute Gasteiger partial charge is 0.394 e.